The van der Waals surface area contributed by atoms with Crippen LogP contribution in [0.5, 0.6) is 0 Å². The number of hydrogen-bond donors (Lipinski definition) is 1. The van der Waals surface area contributed by atoms with Gasteiger partial charge in [-0.15, -0.1) is 0 Å². The zero-order chi connectivity index (χ0) is 12.2. The highest BCUT2D eigenvalue weighted by molar-refractivity contribution is 4.90. The summed E-state index contributed by atoms with van der Waals surface area (Å²) in [4.78, 5) is 2.50. The van der Waals surface area contributed by atoms with Crippen LogP contribution in [0.1, 0.15) is 34.6 Å². The van der Waals surface area contributed by atoms with Gasteiger partial charge in [0.2, 0.25) is 0 Å². The Kier molecular flexibility index (Phi) is 5.22. The maximum atomic E-state index is 5.92. The van der Waals surface area contributed by atoms with Gasteiger partial charge in [0.25, 0.3) is 0 Å². The first kappa shape index (κ1) is 13.9. The van der Waals surface area contributed by atoms with Crippen LogP contribution in [-0.4, -0.2) is 49.3 Å². The molecule has 3 heteroatoms. The van der Waals surface area contributed by atoms with Gasteiger partial charge in [-0.2, -0.15) is 0 Å². The van der Waals surface area contributed by atoms with Crippen LogP contribution in [0.3, 0.4) is 0 Å². The molecule has 1 aliphatic rings. The Balaban J connectivity index is 2.21. The van der Waals surface area contributed by atoms with Gasteiger partial charge in [0.15, 0.2) is 0 Å². The lowest BCUT2D eigenvalue weighted by Gasteiger charge is -2.40. The average molecular weight is 228 g/mol. The summed E-state index contributed by atoms with van der Waals surface area (Å²) in [6, 6.07) is 0.610. The number of ether oxygens (including phenoxy) is 1. The summed E-state index contributed by atoms with van der Waals surface area (Å²) in [6.45, 7) is 16.3. The van der Waals surface area contributed by atoms with E-state index in [9.17, 15) is 0 Å². The summed E-state index contributed by atoms with van der Waals surface area (Å²) in [7, 11) is 0. The fourth-order valence-electron chi connectivity index (χ4n) is 2.02. The maximum absolute atomic E-state index is 5.92. The molecule has 1 N–H and O–H groups in total. The third-order valence-corrected chi connectivity index (χ3v) is 3.16. The van der Waals surface area contributed by atoms with Crippen LogP contribution < -0.4 is 5.32 Å². The predicted octanol–water partition coefficient (Wildman–Crippen LogP) is 1.73. The lowest BCUT2D eigenvalue weighted by Crippen LogP contribution is -2.59. The molecule has 1 heterocycles. The van der Waals surface area contributed by atoms with Crippen molar-refractivity contribution < 1.29 is 4.74 Å². The Bertz CT molecular complexity index is 200. The van der Waals surface area contributed by atoms with Crippen molar-refractivity contribution in [2.75, 3.05) is 32.8 Å². The maximum Gasteiger partial charge on any atom is 0.0902 e. The predicted molar refractivity (Wildman–Crippen MR) is 68.8 cm³/mol. The average Bonchev–Trinajstić information content (AvgIpc) is 2.12. The van der Waals surface area contributed by atoms with Gasteiger partial charge in [0.1, 0.15) is 0 Å². The van der Waals surface area contributed by atoms with Crippen molar-refractivity contribution in [2.45, 2.75) is 46.3 Å². The van der Waals surface area contributed by atoms with Gasteiger partial charge in [-0.25, -0.2) is 0 Å². The van der Waals surface area contributed by atoms with Gasteiger partial charge in [-0.05, 0) is 26.7 Å². The Labute approximate surface area is 101 Å². The molecule has 1 aliphatic heterocycles. The van der Waals surface area contributed by atoms with E-state index < -0.39 is 0 Å². The minimum Gasteiger partial charge on any atom is -0.371 e. The highest BCUT2D eigenvalue weighted by atomic mass is 16.5. The Morgan fingerprint density at radius 2 is 1.88 bits per heavy atom. The molecule has 0 aromatic carbocycles. The first-order chi connectivity index (χ1) is 7.43. The lowest BCUT2D eigenvalue weighted by atomic mass is 10.0. The van der Waals surface area contributed by atoms with Crippen LogP contribution in [0.4, 0.5) is 0 Å². The van der Waals surface area contributed by atoms with Crippen molar-refractivity contribution in [3.8, 4) is 0 Å². The van der Waals surface area contributed by atoms with Crippen molar-refractivity contribution in [3.63, 3.8) is 0 Å². The standard InChI is InChI=1S/C13H28N2O/c1-11(2)8-15(12(3)4)6-7-16-13(5)9-14-10-13/h11-12,14H,6-10H2,1-5H3. The highest BCUT2D eigenvalue weighted by Crippen LogP contribution is 2.15. The molecule has 1 rings (SSSR count). The summed E-state index contributed by atoms with van der Waals surface area (Å²) >= 11 is 0. The van der Waals surface area contributed by atoms with E-state index in [2.05, 4.69) is 44.8 Å². The Hall–Kier alpha value is -0.120. The van der Waals surface area contributed by atoms with Gasteiger partial charge in [0.05, 0.1) is 12.2 Å². The van der Waals surface area contributed by atoms with Crippen LogP contribution >= 0.6 is 0 Å². The molecule has 96 valence electrons. The van der Waals surface area contributed by atoms with Crippen molar-refractivity contribution in [3.05, 3.63) is 0 Å². The van der Waals surface area contributed by atoms with Crippen LogP contribution in [0.15, 0.2) is 0 Å². The number of hydrogen-bond acceptors (Lipinski definition) is 3. The summed E-state index contributed by atoms with van der Waals surface area (Å²) in [5, 5.41) is 3.26. The van der Waals surface area contributed by atoms with Crippen LogP contribution in [-0.2, 0) is 4.74 Å². The van der Waals surface area contributed by atoms with E-state index in [0.29, 0.717) is 6.04 Å². The summed E-state index contributed by atoms with van der Waals surface area (Å²) in [5.41, 5.74) is 0.0977. The largest absolute Gasteiger partial charge is 0.371 e. The molecule has 0 amide bonds. The molecule has 0 spiro atoms. The highest BCUT2D eigenvalue weighted by Gasteiger charge is 2.32. The third-order valence-electron chi connectivity index (χ3n) is 3.16. The van der Waals surface area contributed by atoms with Gasteiger partial charge < -0.3 is 10.1 Å². The first-order valence-corrected chi connectivity index (χ1v) is 6.52. The summed E-state index contributed by atoms with van der Waals surface area (Å²) in [5.74, 6) is 0.725. The molecular weight excluding hydrogens is 200 g/mol. The van der Waals surface area contributed by atoms with Gasteiger partial charge >= 0.3 is 0 Å². The van der Waals surface area contributed by atoms with E-state index in [4.69, 9.17) is 4.74 Å². The molecule has 16 heavy (non-hydrogen) atoms. The summed E-state index contributed by atoms with van der Waals surface area (Å²) in [6.07, 6.45) is 0. The smallest absolute Gasteiger partial charge is 0.0902 e. The SMILES string of the molecule is CC(C)CN(CCOC1(C)CNC1)C(C)C. The van der Waals surface area contributed by atoms with Crippen molar-refractivity contribution in [1.29, 1.82) is 0 Å². The molecule has 0 aromatic rings. The first-order valence-electron chi connectivity index (χ1n) is 6.52. The van der Waals surface area contributed by atoms with Crippen molar-refractivity contribution in [1.82, 2.24) is 10.2 Å². The van der Waals surface area contributed by atoms with Crippen LogP contribution in [0.25, 0.3) is 0 Å². The molecule has 0 bridgehead atoms. The molecule has 0 saturated carbocycles. The third kappa shape index (κ3) is 4.40. The zero-order valence-corrected chi connectivity index (χ0v) is 11.5. The molecular formula is C13H28N2O. The number of rotatable bonds is 7. The molecule has 1 fully saturated rings. The van der Waals surface area contributed by atoms with E-state index in [1.165, 1.54) is 0 Å². The van der Waals surface area contributed by atoms with Crippen molar-refractivity contribution >= 4 is 0 Å². The normalized spacial score (nSPS) is 19.5. The van der Waals surface area contributed by atoms with Crippen LogP contribution in [0, 0.1) is 5.92 Å². The van der Waals surface area contributed by atoms with Crippen molar-refractivity contribution in [2.24, 2.45) is 5.92 Å². The minimum absolute atomic E-state index is 0.0977. The minimum atomic E-state index is 0.0977. The van der Waals surface area contributed by atoms with Crippen LogP contribution in [0.2, 0.25) is 0 Å². The fraction of sp³-hybridized carbons (Fsp3) is 1.00. The lowest BCUT2D eigenvalue weighted by molar-refractivity contribution is -0.0743. The van der Waals surface area contributed by atoms with Gasteiger partial charge in [-0.1, -0.05) is 13.8 Å². The molecule has 3 nitrogen and oxygen atoms in total. The second kappa shape index (κ2) is 5.99. The zero-order valence-electron chi connectivity index (χ0n) is 11.5. The number of nitrogens with zero attached hydrogens (tertiary/aromatic N) is 1. The molecule has 0 aromatic heterocycles. The van der Waals surface area contributed by atoms with Gasteiger partial charge in [-0.3, -0.25) is 4.90 Å². The topological polar surface area (TPSA) is 24.5 Å². The fourth-order valence-corrected chi connectivity index (χ4v) is 2.02. The van der Waals surface area contributed by atoms with E-state index in [1.807, 2.05) is 0 Å². The molecule has 0 atom stereocenters. The molecule has 0 unspecified atom stereocenters. The second-order valence-corrected chi connectivity index (χ2v) is 5.88. The van der Waals surface area contributed by atoms with E-state index in [-0.39, 0.29) is 5.60 Å². The van der Waals surface area contributed by atoms with E-state index in [1.54, 1.807) is 0 Å². The second-order valence-electron chi connectivity index (χ2n) is 5.88. The Morgan fingerprint density at radius 3 is 2.25 bits per heavy atom. The summed E-state index contributed by atoms with van der Waals surface area (Å²) < 4.78 is 5.92. The molecule has 0 aliphatic carbocycles. The Morgan fingerprint density at radius 1 is 1.25 bits per heavy atom. The van der Waals surface area contributed by atoms with Gasteiger partial charge in [0, 0.05) is 32.2 Å². The molecule has 0 radical (unpaired) electrons. The quantitative estimate of drug-likeness (QED) is 0.718. The molecule has 1 saturated heterocycles. The monoisotopic (exact) mass is 228 g/mol. The van der Waals surface area contributed by atoms with E-state index in [0.717, 1.165) is 38.7 Å². The van der Waals surface area contributed by atoms with E-state index >= 15 is 0 Å². The number of nitrogens with one attached hydrogen (secondary N) is 1.